The second kappa shape index (κ2) is 5.47. The summed E-state index contributed by atoms with van der Waals surface area (Å²) in [5, 5.41) is 12.7. The highest BCUT2D eigenvalue weighted by atomic mass is 19.1. The molecule has 1 fully saturated rings. The molecule has 4 rings (SSSR count). The van der Waals surface area contributed by atoms with Crippen LogP contribution in [0.3, 0.4) is 0 Å². The van der Waals surface area contributed by atoms with Gasteiger partial charge in [-0.05, 0) is 55.7 Å². The van der Waals surface area contributed by atoms with Crippen LogP contribution >= 0.6 is 0 Å². The van der Waals surface area contributed by atoms with Gasteiger partial charge in [0.1, 0.15) is 5.82 Å². The van der Waals surface area contributed by atoms with Crippen LogP contribution in [0, 0.1) is 11.7 Å². The summed E-state index contributed by atoms with van der Waals surface area (Å²) in [6.07, 6.45) is 0.0844. The smallest absolute Gasteiger partial charge is 0.411 e. The number of carbonyl (C=O) groups is 1. The summed E-state index contributed by atoms with van der Waals surface area (Å²) in [6.45, 7) is 2.55. The number of aromatic nitrogens is 1. The zero-order valence-electron chi connectivity index (χ0n) is 13.2. The molecule has 0 unspecified atom stereocenters. The van der Waals surface area contributed by atoms with E-state index in [2.05, 4.69) is 5.32 Å². The van der Waals surface area contributed by atoms with Gasteiger partial charge in [0.05, 0.1) is 23.1 Å². The molecule has 3 atom stereocenters. The van der Waals surface area contributed by atoms with Crippen molar-refractivity contribution in [1.82, 2.24) is 4.98 Å². The Kier molecular flexibility index (Phi) is 3.40. The number of amides is 1. The van der Waals surface area contributed by atoms with Gasteiger partial charge in [-0.3, -0.25) is 9.88 Å². The van der Waals surface area contributed by atoms with Gasteiger partial charge in [0.15, 0.2) is 0 Å². The molecule has 0 saturated heterocycles. The lowest BCUT2D eigenvalue weighted by Gasteiger charge is -2.27. The molecular weight excluding hydrogens is 309 g/mol. The fraction of sp³-hybridized carbons (Fsp3) is 0.333. The van der Waals surface area contributed by atoms with Gasteiger partial charge in [-0.2, -0.15) is 0 Å². The lowest BCUT2D eigenvalue weighted by atomic mass is 10.1. The molecule has 2 aliphatic rings. The Morgan fingerprint density at radius 2 is 2.08 bits per heavy atom. The number of halogens is 1. The molecule has 0 spiro atoms. The molecule has 5 nitrogen and oxygen atoms in total. The normalized spacial score (nSPS) is 22.3. The van der Waals surface area contributed by atoms with Crippen LogP contribution in [-0.2, 0) is 0 Å². The third-order valence-electron chi connectivity index (χ3n) is 4.81. The molecule has 124 valence electrons. The minimum Gasteiger partial charge on any atom is -0.465 e. The van der Waals surface area contributed by atoms with Crippen molar-refractivity contribution in [3.8, 4) is 0 Å². The number of fused-ring (bicyclic) bond motifs is 3. The maximum atomic E-state index is 13.0. The maximum Gasteiger partial charge on any atom is 0.411 e. The zero-order valence-corrected chi connectivity index (χ0v) is 13.2. The van der Waals surface area contributed by atoms with Crippen molar-refractivity contribution in [3.05, 3.63) is 53.6 Å². The van der Waals surface area contributed by atoms with Gasteiger partial charge in [0, 0.05) is 18.2 Å². The first-order valence-corrected chi connectivity index (χ1v) is 8.06. The number of pyridine rings is 1. The summed E-state index contributed by atoms with van der Waals surface area (Å²) >= 11 is 0. The first-order chi connectivity index (χ1) is 11.5. The van der Waals surface area contributed by atoms with Crippen molar-refractivity contribution in [3.63, 3.8) is 0 Å². The molecular formula is C18H18FN3O2. The highest BCUT2D eigenvalue weighted by Crippen LogP contribution is 2.53. The van der Waals surface area contributed by atoms with Gasteiger partial charge in [0.2, 0.25) is 0 Å². The maximum absolute atomic E-state index is 13.0. The second-order valence-corrected chi connectivity index (χ2v) is 6.51. The summed E-state index contributed by atoms with van der Waals surface area (Å²) in [5.74, 6) is 0.513. The second-order valence-electron chi connectivity index (χ2n) is 6.51. The minimum atomic E-state index is -0.923. The molecule has 2 heterocycles. The average Bonchev–Trinajstić information content (AvgIpc) is 3.35. The fourth-order valence-electron chi connectivity index (χ4n) is 3.39. The predicted molar refractivity (Wildman–Crippen MR) is 88.9 cm³/mol. The van der Waals surface area contributed by atoms with Crippen LogP contribution in [0.25, 0.3) is 0 Å². The molecule has 0 bridgehead atoms. The number of rotatable bonds is 3. The number of benzene rings is 1. The van der Waals surface area contributed by atoms with Gasteiger partial charge in [0.25, 0.3) is 0 Å². The van der Waals surface area contributed by atoms with Crippen molar-refractivity contribution in [2.45, 2.75) is 25.3 Å². The predicted octanol–water partition coefficient (Wildman–Crippen LogP) is 4.00. The first kappa shape index (κ1) is 14.9. The topological polar surface area (TPSA) is 65.5 Å². The number of nitrogens with one attached hydrogen (secondary N) is 1. The number of hydrogen-bond donors (Lipinski definition) is 2. The molecule has 1 amide bonds. The van der Waals surface area contributed by atoms with E-state index < -0.39 is 6.09 Å². The number of nitrogens with zero attached hydrogens (tertiary/aromatic N) is 2. The van der Waals surface area contributed by atoms with E-state index in [1.54, 1.807) is 12.1 Å². The Morgan fingerprint density at radius 3 is 2.79 bits per heavy atom. The molecule has 1 aliphatic heterocycles. The molecule has 1 aromatic heterocycles. The van der Waals surface area contributed by atoms with Gasteiger partial charge < -0.3 is 10.4 Å². The van der Waals surface area contributed by atoms with Crippen LogP contribution in [0.15, 0.2) is 36.4 Å². The van der Waals surface area contributed by atoms with E-state index in [9.17, 15) is 14.3 Å². The molecule has 1 saturated carbocycles. The third-order valence-corrected chi connectivity index (χ3v) is 4.81. The Morgan fingerprint density at radius 1 is 1.33 bits per heavy atom. The van der Waals surface area contributed by atoms with Gasteiger partial charge >= 0.3 is 6.09 Å². The van der Waals surface area contributed by atoms with E-state index in [1.807, 2.05) is 19.1 Å². The van der Waals surface area contributed by atoms with Crippen LogP contribution in [0.2, 0.25) is 0 Å². The molecule has 1 aromatic carbocycles. The van der Waals surface area contributed by atoms with Crippen molar-refractivity contribution >= 4 is 17.5 Å². The number of anilines is 2. The van der Waals surface area contributed by atoms with E-state index in [4.69, 9.17) is 4.98 Å². The van der Waals surface area contributed by atoms with E-state index >= 15 is 0 Å². The monoisotopic (exact) mass is 327 g/mol. The summed E-state index contributed by atoms with van der Waals surface area (Å²) in [4.78, 5) is 17.6. The third kappa shape index (κ3) is 2.58. The number of hydrogen-bond acceptors (Lipinski definition) is 3. The van der Waals surface area contributed by atoms with Gasteiger partial charge in [-0.15, -0.1) is 0 Å². The van der Waals surface area contributed by atoms with Crippen molar-refractivity contribution in [2.24, 2.45) is 5.92 Å². The lowest BCUT2D eigenvalue weighted by Crippen LogP contribution is -2.35. The van der Waals surface area contributed by atoms with Crippen LogP contribution < -0.4 is 10.2 Å². The largest absolute Gasteiger partial charge is 0.465 e. The van der Waals surface area contributed by atoms with Crippen LogP contribution in [0.5, 0.6) is 0 Å². The van der Waals surface area contributed by atoms with Crippen LogP contribution in [-0.4, -0.2) is 22.7 Å². The zero-order chi connectivity index (χ0) is 16.8. The van der Waals surface area contributed by atoms with Crippen molar-refractivity contribution in [1.29, 1.82) is 0 Å². The number of carboxylic acid groups (broad SMARTS) is 1. The Balaban J connectivity index is 1.59. The molecule has 2 N–H and O–H groups in total. The molecule has 24 heavy (non-hydrogen) atoms. The van der Waals surface area contributed by atoms with Crippen molar-refractivity contribution < 1.29 is 14.3 Å². The molecule has 6 heteroatoms. The van der Waals surface area contributed by atoms with E-state index in [0.29, 0.717) is 24.1 Å². The highest BCUT2D eigenvalue weighted by Gasteiger charge is 2.47. The lowest BCUT2D eigenvalue weighted by molar-refractivity contribution is 0.201. The van der Waals surface area contributed by atoms with Crippen LogP contribution in [0.4, 0.5) is 20.6 Å². The Bertz CT molecular complexity index is 793. The summed E-state index contributed by atoms with van der Waals surface area (Å²) in [6, 6.07) is 9.85. The van der Waals surface area contributed by atoms with Crippen LogP contribution in [0.1, 0.15) is 36.7 Å². The quantitative estimate of drug-likeness (QED) is 0.894. The SMILES string of the molecule is C[C@H](Nc1ccc(F)cc1)c1ccc2c(n1)[C@@H]1C[C@@H]1CN2C(=O)O. The fourth-order valence-corrected chi connectivity index (χ4v) is 3.39. The van der Waals surface area contributed by atoms with Crippen molar-refractivity contribution in [2.75, 3.05) is 16.8 Å². The van der Waals surface area contributed by atoms with E-state index in [1.165, 1.54) is 17.0 Å². The minimum absolute atomic E-state index is 0.0573. The van der Waals surface area contributed by atoms with E-state index in [-0.39, 0.29) is 11.9 Å². The highest BCUT2D eigenvalue weighted by molar-refractivity contribution is 5.88. The Labute approximate surface area is 139 Å². The standard InChI is InChI=1S/C18H18FN3O2/c1-10(20-13-4-2-12(19)3-5-13)15-6-7-16-17(21-15)14-8-11(14)9-22(16)18(23)24/h2-7,10-11,14,20H,8-9H2,1H3,(H,23,24)/t10-,11+,14+/m0/s1. The van der Waals surface area contributed by atoms with Gasteiger partial charge in [-0.25, -0.2) is 9.18 Å². The average molecular weight is 327 g/mol. The Hall–Kier alpha value is -2.63. The summed E-state index contributed by atoms with van der Waals surface area (Å²) in [5.41, 5.74) is 3.27. The summed E-state index contributed by atoms with van der Waals surface area (Å²) < 4.78 is 13.0. The molecule has 0 radical (unpaired) electrons. The molecule has 1 aliphatic carbocycles. The summed E-state index contributed by atoms with van der Waals surface area (Å²) in [7, 11) is 0. The molecule has 2 aromatic rings. The first-order valence-electron chi connectivity index (χ1n) is 8.06. The van der Waals surface area contributed by atoms with Gasteiger partial charge in [-0.1, -0.05) is 0 Å². The van der Waals surface area contributed by atoms with E-state index in [0.717, 1.165) is 23.5 Å².